The monoisotopic (exact) mass is 348 g/mol. The number of aromatic nitrogens is 1. The van der Waals surface area contributed by atoms with Crippen LogP contribution in [-0.2, 0) is 9.47 Å². The van der Waals surface area contributed by atoms with E-state index in [2.05, 4.69) is 10.3 Å². The van der Waals surface area contributed by atoms with E-state index in [1.54, 1.807) is 0 Å². The van der Waals surface area contributed by atoms with Gasteiger partial charge in [0.25, 0.3) is 11.5 Å². The number of H-pyrrole nitrogens is 1. The number of carbonyl (C=O) groups is 2. The minimum atomic E-state index is -0.723. The first-order valence-electron chi connectivity index (χ1n) is 7.39. The molecule has 0 bridgehead atoms. The topological polar surface area (TPSA) is 97.5 Å². The molecule has 25 heavy (non-hydrogen) atoms. The summed E-state index contributed by atoms with van der Waals surface area (Å²) in [4.78, 5) is 38.8. The molecule has 0 aliphatic rings. The first-order valence-corrected chi connectivity index (χ1v) is 7.39. The molecular formula is C17H17FN2O5. The minimum Gasteiger partial charge on any atom is -0.460 e. The Hall–Kier alpha value is -3.00. The summed E-state index contributed by atoms with van der Waals surface area (Å²) in [6.45, 7) is 1.80. The number of hydrogen-bond acceptors (Lipinski definition) is 5. The number of amides is 1. The number of benzene rings is 1. The second-order valence-electron chi connectivity index (χ2n) is 5.14. The SMILES string of the molecule is COCCOC(=O)c1cc(C(=O)Nc2ccc(F)cc2)c(=O)[nH]c1C. The molecule has 1 heterocycles. The van der Waals surface area contributed by atoms with E-state index in [1.165, 1.54) is 44.4 Å². The molecule has 0 saturated heterocycles. The van der Waals surface area contributed by atoms with Crippen molar-refractivity contribution in [2.45, 2.75) is 6.92 Å². The van der Waals surface area contributed by atoms with Crippen LogP contribution in [0.5, 0.6) is 0 Å². The van der Waals surface area contributed by atoms with Gasteiger partial charge in [-0.2, -0.15) is 0 Å². The molecule has 0 unspecified atom stereocenters. The van der Waals surface area contributed by atoms with Crippen molar-refractivity contribution in [3.05, 3.63) is 63.3 Å². The van der Waals surface area contributed by atoms with E-state index >= 15 is 0 Å². The quantitative estimate of drug-likeness (QED) is 0.614. The second kappa shape index (κ2) is 8.20. The number of aromatic amines is 1. The third-order valence-corrected chi connectivity index (χ3v) is 3.33. The van der Waals surface area contributed by atoms with Crippen LogP contribution in [0.2, 0.25) is 0 Å². The maximum atomic E-state index is 12.9. The third-order valence-electron chi connectivity index (χ3n) is 3.33. The van der Waals surface area contributed by atoms with E-state index in [9.17, 15) is 18.8 Å². The lowest BCUT2D eigenvalue weighted by Gasteiger charge is -2.09. The smallest absolute Gasteiger partial charge is 0.340 e. The molecule has 1 amide bonds. The first-order chi connectivity index (χ1) is 11.9. The average molecular weight is 348 g/mol. The Balaban J connectivity index is 2.23. The fraction of sp³-hybridized carbons (Fsp3) is 0.235. The van der Waals surface area contributed by atoms with Gasteiger partial charge in [0, 0.05) is 18.5 Å². The summed E-state index contributed by atoms with van der Waals surface area (Å²) in [6.07, 6.45) is 0. The van der Waals surface area contributed by atoms with Gasteiger partial charge in [-0.15, -0.1) is 0 Å². The van der Waals surface area contributed by atoms with Gasteiger partial charge in [0.2, 0.25) is 0 Å². The van der Waals surface area contributed by atoms with Gasteiger partial charge in [-0.05, 0) is 37.3 Å². The highest BCUT2D eigenvalue weighted by atomic mass is 19.1. The van der Waals surface area contributed by atoms with Gasteiger partial charge in [-0.1, -0.05) is 0 Å². The Morgan fingerprint density at radius 1 is 1.16 bits per heavy atom. The van der Waals surface area contributed by atoms with Crippen molar-refractivity contribution >= 4 is 17.6 Å². The normalized spacial score (nSPS) is 10.4. The molecule has 0 atom stereocenters. The summed E-state index contributed by atoms with van der Waals surface area (Å²) in [5.74, 6) is -1.85. The van der Waals surface area contributed by atoms with Crippen molar-refractivity contribution < 1.29 is 23.5 Å². The van der Waals surface area contributed by atoms with Crippen LogP contribution in [0.1, 0.15) is 26.4 Å². The molecule has 0 saturated carbocycles. The number of ether oxygens (including phenoxy) is 2. The van der Waals surface area contributed by atoms with Crippen LogP contribution in [-0.4, -0.2) is 37.2 Å². The highest BCUT2D eigenvalue weighted by molar-refractivity contribution is 6.05. The maximum absolute atomic E-state index is 12.9. The zero-order chi connectivity index (χ0) is 18.4. The molecule has 0 aliphatic carbocycles. The van der Waals surface area contributed by atoms with Crippen LogP contribution in [0.3, 0.4) is 0 Å². The number of rotatable bonds is 6. The summed E-state index contributed by atoms with van der Waals surface area (Å²) in [7, 11) is 1.47. The van der Waals surface area contributed by atoms with Gasteiger partial charge in [0.15, 0.2) is 0 Å². The predicted molar refractivity (Wildman–Crippen MR) is 88.3 cm³/mol. The molecule has 2 N–H and O–H groups in total. The van der Waals surface area contributed by atoms with E-state index in [-0.39, 0.29) is 30.0 Å². The van der Waals surface area contributed by atoms with Gasteiger partial charge >= 0.3 is 5.97 Å². The number of nitrogens with one attached hydrogen (secondary N) is 2. The van der Waals surface area contributed by atoms with Crippen molar-refractivity contribution in [3.8, 4) is 0 Å². The molecule has 2 aromatic rings. The highest BCUT2D eigenvalue weighted by Crippen LogP contribution is 2.12. The molecule has 0 spiro atoms. The molecule has 1 aromatic carbocycles. The number of methoxy groups -OCH3 is 1. The molecule has 8 heteroatoms. The number of esters is 1. The van der Waals surface area contributed by atoms with E-state index in [0.29, 0.717) is 5.69 Å². The van der Waals surface area contributed by atoms with Crippen LogP contribution < -0.4 is 10.9 Å². The summed E-state index contributed by atoms with van der Waals surface area (Å²) < 4.78 is 22.7. The number of hydrogen-bond donors (Lipinski definition) is 2. The van der Waals surface area contributed by atoms with Crippen LogP contribution in [0.4, 0.5) is 10.1 Å². The van der Waals surface area contributed by atoms with Gasteiger partial charge in [-0.25, -0.2) is 9.18 Å². The van der Waals surface area contributed by atoms with Gasteiger partial charge in [0.05, 0.1) is 12.2 Å². The van der Waals surface area contributed by atoms with Crippen LogP contribution in [0.15, 0.2) is 35.1 Å². The molecule has 1 aromatic heterocycles. The van der Waals surface area contributed by atoms with Gasteiger partial charge < -0.3 is 19.8 Å². The Bertz CT molecular complexity index is 830. The predicted octanol–water partition coefficient (Wildman–Crippen LogP) is 1.88. The number of pyridine rings is 1. The zero-order valence-electron chi connectivity index (χ0n) is 13.7. The Kier molecular flexibility index (Phi) is 6.02. The van der Waals surface area contributed by atoms with Crippen LogP contribution >= 0.6 is 0 Å². The first kappa shape index (κ1) is 18.3. The number of aryl methyl sites for hydroxylation is 1. The Labute approximate surface area is 142 Å². The molecule has 7 nitrogen and oxygen atoms in total. The van der Waals surface area contributed by atoms with Crippen molar-refractivity contribution in [3.63, 3.8) is 0 Å². The van der Waals surface area contributed by atoms with E-state index in [4.69, 9.17) is 9.47 Å². The summed E-state index contributed by atoms with van der Waals surface area (Å²) in [5.41, 5.74) is -0.236. The average Bonchev–Trinajstić information content (AvgIpc) is 2.57. The highest BCUT2D eigenvalue weighted by Gasteiger charge is 2.18. The van der Waals surface area contributed by atoms with Crippen LogP contribution in [0.25, 0.3) is 0 Å². The molecule has 0 fully saturated rings. The lowest BCUT2D eigenvalue weighted by Crippen LogP contribution is -2.26. The standard InChI is InChI=1S/C17H17FN2O5/c1-10-13(17(23)25-8-7-24-2)9-14(15(21)19-10)16(22)20-12-5-3-11(18)4-6-12/h3-6,9H,7-8H2,1-2H3,(H,19,21)(H,20,22). The van der Waals surface area contributed by atoms with Gasteiger partial charge in [-0.3, -0.25) is 9.59 Å². The molecular weight excluding hydrogens is 331 g/mol. The molecule has 0 aliphatic heterocycles. The summed E-state index contributed by atoms with van der Waals surface area (Å²) >= 11 is 0. The fourth-order valence-corrected chi connectivity index (χ4v) is 2.03. The summed E-state index contributed by atoms with van der Waals surface area (Å²) in [5, 5.41) is 2.47. The Morgan fingerprint density at radius 2 is 1.84 bits per heavy atom. The number of anilines is 1. The van der Waals surface area contributed by atoms with Crippen molar-refractivity contribution in [2.75, 3.05) is 25.6 Å². The lowest BCUT2D eigenvalue weighted by atomic mass is 10.1. The molecule has 2 rings (SSSR count). The van der Waals surface area contributed by atoms with Gasteiger partial charge in [0.1, 0.15) is 18.0 Å². The molecule has 0 radical (unpaired) electrons. The Morgan fingerprint density at radius 3 is 2.48 bits per heavy atom. The zero-order valence-corrected chi connectivity index (χ0v) is 13.7. The maximum Gasteiger partial charge on any atom is 0.340 e. The lowest BCUT2D eigenvalue weighted by molar-refractivity contribution is 0.0386. The largest absolute Gasteiger partial charge is 0.460 e. The van der Waals surface area contributed by atoms with Crippen LogP contribution in [0, 0.1) is 12.7 Å². The summed E-state index contributed by atoms with van der Waals surface area (Å²) in [6, 6.07) is 6.23. The van der Waals surface area contributed by atoms with Crippen molar-refractivity contribution in [1.82, 2.24) is 4.98 Å². The van der Waals surface area contributed by atoms with E-state index in [1.807, 2.05) is 0 Å². The second-order valence-corrected chi connectivity index (χ2v) is 5.14. The van der Waals surface area contributed by atoms with Crippen molar-refractivity contribution in [1.29, 1.82) is 0 Å². The number of carbonyl (C=O) groups excluding carboxylic acids is 2. The van der Waals surface area contributed by atoms with E-state index in [0.717, 1.165) is 0 Å². The molecule has 132 valence electrons. The third kappa shape index (κ3) is 4.74. The minimum absolute atomic E-state index is 0.0466. The van der Waals surface area contributed by atoms with E-state index < -0.39 is 23.3 Å². The fourth-order valence-electron chi connectivity index (χ4n) is 2.03. The van der Waals surface area contributed by atoms with Crippen molar-refractivity contribution in [2.24, 2.45) is 0 Å². The number of halogens is 1.